The first-order chi connectivity index (χ1) is 31.3. The summed E-state index contributed by atoms with van der Waals surface area (Å²) in [6, 6.07) is 97.8. The van der Waals surface area contributed by atoms with Crippen LogP contribution in [0.2, 0.25) is 0 Å². The van der Waals surface area contributed by atoms with Crippen molar-refractivity contribution in [3.8, 4) is 27.9 Å². The quantitative estimate of drug-likeness (QED) is 0.0985. The van der Waals surface area contributed by atoms with E-state index in [-0.39, 0.29) is 0 Å². The smallest absolute Gasteiger partial charge is 0.179 e. The van der Waals surface area contributed by atoms with Crippen molar-refractivity contribution in [2.75, 3.05) is 4.90 Å². The zero-order valence-corrected chi connectivity index (χ0v) is 35.8. The molecule has 0 fully saturated rings. The number of rotatable bonds is 10. The van der Waals surface area contributed by atoms with Crippen LogP contribution in [0.25, 0.3) is 49.7 Å². The summed E-state index contributed by atoms with van der Waals surface area (Å²) in [5.74, 6) is 0. The van der Waals surface area contributed by atoms with Gasteiger partial charge in [0.1, 0.15) is 0 Å². The van der Waals surface area contributed by atoms with Gasteiger partial charge in [0.2, 0.25) is 0 Å². The third kappa shape index (κ3) is 6.76. The number of para-hydroxylation sites is 2. The minimum Gasteiger partial charge on any atom is -0.310 e. The van der Waals surface area contributed by atoms with E-state index < -0.39 is 8.07 Å². The van der Waals surface area contributed by atoms with Crippen molar-refractivity contribution in [3.05, 3.63) is 267 Å². The van der Waals surface area contributed by atoms with Crippen LogP contribution in [0.3, 0.4) is 0 Å². The highest BCUT2D eigenvalue weighted by Gasteiger charge is 2.41. The average molecular weight is 821 g/mol. The SMILES string of the molecule is c1ccc(-c2ccc(-c3ccc(N(c4ccc([Si](c5ccccc5)(c5ccccc5)c5ccccc5)cc4)c4cccc5c4c4ccccc4n5-c4ccccc4)cc3)cc2)cc1. The van der Waals surface area contributed by atoms with Gasteiger partial charge in [-0.05, 0) is 97.6 Å². The summed E-state index contributed by atoms with van der Waals surface area (Å²) in [5.41, 5.74) is 11.6. The molecule has 10 aromatic carbocycles. The lowest BCUT2D eigenvalue weighted by Gasteiger charge is -2.35. The van der Waals surface area contributed by atoms with Crippen LogP contribution in [0.1, 0.15) is 0 Å². The topological polar surface area (TPSA) is 8.17 Å². The predicted molar refractivity (Wildman–Crippen MR) is 270 cm³/mol. The number of benzene rings is 10. The normalized spacial score (nSPS) is 11.5. The molecule has 1 heterocycles. The van der Waals surface area contributed by atoms with Gasteiger partial charge in [0.05, 0.1) is 16.7 Å². The average Bonchev–Trinajstić information content (AvgIpc) is 3.72. The van der Waals surface area contributed by atoms with Gasteiger partial charge >= 0.3 is 0 Å². The van der Waals surface area contributed by atoms with E-state index in [1.165, 1.54) is 64.8 Å². The molecule has 0 aliphatic heterocycles. The maximum absolute atomic E-state index is 2.72. The summed E-state index contributed by atoms with van der Waals surface area (Å²) in [6.07, 6.45) is 0. The molecule has 0 aliphatic carbocycles. The molecule has 0 saturated heterocycles. The van der Waals surface area contributed by atoms with Crippen LogP contribution in [0, 0.1) is 0 Å². The first-order valence-corrected chi connectivity index (χ1v) is 23.7. The van der Waals surface area contributed by atoms with Crippen molar-refractivity contribution < 1.29 is 0 Å². The number of nitrogens with zero attached hydrogens (tertiary/aromatic N) is 2. The highest BCUT2D eigenvalue weighted by molar-refractivity contribution is 7.19. The van der Waals surface area contributed by atoms with Gasteiger partial charge in [-0.1, -0.05) is 212 Å². The summed E-state index contributed by atoms with van der Waals surface area (Å²) in [5, 5.41) is 7.84. The fraction of sp³-hybridized carbons (Fsp3) is 0. The van der Waals surface area contributed by atoms with E-state index in [9.17, 15) is 0 Å². The fourth-order valence-corrected chi connectivity index (χ4v) is 14.4. The Bertz CT molecular complexity index is 3180. The van der Waals surface area contributed by atoms with E-state index in [0.29, 0.717) is 0 Å². The monoisotopic (exact) mass is 820 g/mol. The van der Waals surface area contributed by atoms with Crippen LogP contribution >= 0.6 is 0 Å². The van der Waals surface area contributed by atoms with Crippen molar-refractivity contribution in [2.45, 2.75) is 0 Å². The Hall–Kier alpha value is -7.98. The third-order valence-corrected chi connectivity index (χ3v) is 17.4. The van der Waals surface area contributed by atoms with E-state index in [1.807, 2.05) is 0 Å². The first-order valence-electron chi connectivity index (χ1n) is 21.7. The van der Waals surface area contributed by atoms with E-state index in [2.05, 4.69) is 276 Å². The zero-order chi connectivity index (χ0) is 42.0. The molecule has 0 saturated carbocycles. The molecule has 3 heteroatoms. The minimum atomic E-state index is -2.72. The molecule has 0 N–H and O–H groups in total. The Kier molecular flexibility index (Phi) is 9.93. The standard InChI is InChI=1S/C60H44N2Si/c1-6-19-45(20-7-1)46-33-35-47(36-34-46)48-37-39-50(40-38-48)61(58-31-18-32-59-60(58)56-29-16-17-30-57(56)62(59)49-21-8-2-9-22-49)51-41-43-55(44-42-51)63(52-23-10-3-11-24-52,53-25-12-4-13-26-53)54-27-14-5-15-28-54/h1-44H. The highest BCUT2D eigenvalue weighted by Crippen LogP contribution is 2.44. The second-order valence-electron chi connectivity index (χ2n) is 16.1. The van der Waals surface area contributed by atoms with Gasteiger partial charge in [-0.15, -0.1) is 0 Å². The highest BCUT2D eigenvalue weighted by atomic mass is 28.3. The van der Waals surface area contributed by atoms with Crippen LogP contribution in [0.5, 0.6) is 0 Å². The molecule has 63 heavy (non-hydrogen) atoms. The lowest BCUT2D eigenvalue weighted by Crippen LogP contribution is -2.74. The van der Waals surface area contributed by atoms with Gasteiger partial charge in [0.25, 0.3) is 0 Å². The van der Waals surface area contributed by atoms with Crippen molar-refractivity contribution in [2.24, 2.45) is 0 Å². The second kappa shape index (κ2) is 16.5. The van der Waals surface area contributed by atoms with E-state index in [4.69, 9.17) is 0 Å². The fourth-order valence-electron chi connectivity index (χ4n) is 9.68. The molecule has 298 valence electrons. The molecule has 0 radical (unpaired) electrons. The van der Waals surface area contributed by atoms with Crippen molar-refractivity contribution in [1.82, 2.24) is 4.57 Å². The lowest BCUT2D eigenvalue weighted by atomic mass is 10.00. The number of hydrogen-bond donors (Lipinski definition) is 0. The number of fused-ring (bicyclic) bond motifs is 3. The maximum Gasteiger partial charge on any atom is 0.179 e. The molecule has 2 nitrogen and oxygen atoms in total. The summed E-state index contributed by atoms with van der Waals surface area (Å²) in [7, 11) is -2.72. The zero-order valence-electron chi connectivity index (χ0n) is 34.8. The van der Waals surface area contributed by atoms with Crippen molar-refractivity contribution in [3.63, 3.8) is 0 Å². The lowest BCUT2D eigenvalue weighted by molar-refractivity contribution is 1.18. The van der Waals surface area contributed by atoms with E-state index in [0.717, 1.165) is 22.7 Å². The molecule has 0 spiro atoms. The molecule has 0 aliphatic rings. The van der Waals surface area contributed by atoms with Gasteiger partial charge in [0, 0.05) is 27.8 Å². The van der Waals surface area contributed by atoms with Crippen LogP contribution < -0.4 is 25.6 Å². The van der Waals surface area contributed by atoms with Crippen molar-refractivity contribution in [1.29, 1.82) is 0 Å². The summed E-state index contributed by atoms with van der Waals surface area (Å²) >= 11 is 0. The second-order valence-corrected chi connectivity index (χ2v) is 19.9. The molecular formula is C60H44N2Si. The summed E-state index contributed by atoms with van der Waals surface area (Å²) in [4.78, 5) is 2.45. The van der Waals surface area contributed by atoms with Crippen molar-refractivity contribution >= 4 is 67.7 Å². The summed E-state index contributed by atoms with van der Waals surface area (Å²) < 4.78 is 2.40. The molecule has 0 bridgehead atoms. The maximum atomic E-state index is 2.45. The number of anilines is 3. The Morgan fingerprint density at radius 3 is 1.19 bits per heavy atom. The molecular weight excluding hydrogens is 777 g/mol. The Morgan fingerprint density at radius 2 is 0.667 bits per heavy atom. The van der Waals surface area contributed by atoms with Crippen LogP contribution in [-0.2, 0) is 0 Å². The van der Waals surface area contributed by atoms with E-state index in [1.54, 1.807) is 0 Å². The van der Waals surface area contributed by atoms with Gasteiger partial charge < -0.3 is 9.47 Å². The number of aromatic nitrogens is 1. The Morgan fingerprint density at radius 1 is 0.286 bits per heavy atom. The largest absolute Gasteiger partial charge is 0.310 e. The predicted octanol–water partition coefficient (Wildman–Crippen LogP) is 13.0. The molecule has 0 atom stereocenters. The minimum absolute atomic E-state index is 1.09. The molecule has 11 aromatic rings. The van der Waals surface area contributed by atoms with Crippen LogP contribution in [0.15, 0.2) is 267 Å². The molecule has 0 amide bonds. The van der Waals surface area contributed by atoms with Crippen LogP contribution in [-0.4, -0.2) is 12.6 Å². The van der Waals surface area contributed by atoms with E-state index >= 15 is 0 Å². The number of hydrogen-bond acceptors (Lipinski definition) is 1. The van der Waals surface area contributed by atoms with Gasteiger partial charge in [-0.2, -0.15) is 0 Å². The van der Waals surface area contributed by atoms with Gasteiger partial charge in [-0.3, -0.25) is 0 Å². The molecule has 11 rings (SSSR count). The third-order valence-electron chi connectivity index (χ3n) is 12.6. The van der Waals surface area contributed by atoms with Gasteiger partial charge in [-0.25, -0.2) is 0 Å². The summed E-state index contributed by atoms with van der Waals surface area (Å²) in [6.45, 7) is 0. The first kappa shape index (κ1) is 38.0. The molecule has 0 unspecified atom stereocenters. The molecule has 1 aromatic heterocycles. The van der Waals surface area contributed by atoms with Crippen LogP contribution in [0.4, 0.5) is 17.1 Å². The van der Waals surface area contributed by atoms with Gasteiger partial charge in [0.15, 0.2) is 8.07 Å². The Balaban J connectivity index is 1.10. The Labute approximate surface area is 370 Å².